The Hall–Kier alpha value is -3.04. The number of hydrogen-bond donors (Lipinski definition) is 2. The summed E-state index contributed by atoms with van der Waals surface area (Å²) in [5.41, 5.74) is 0.651. The van der Waals surface area contributed by atoms with E-state index in [2.05, 4.69) is 15.5 Å². The highest BCUT2D eigenvalue weighted by molar-refractivity contribution is 5.89. The van der Waals surface area contributed by atoms with Crippen LogP contribution in [0.4, 0.5) is 10.5 Å². The predicted octanol–water partition coefficient (Wildman–Crippen LogP) is 2.55. The number of urea groups is 1. The number of furan rings is 1. The van der Waals surface area contributed by atoms with Crippen LogP contribution in [0.25, 0.3) is 0 Å². The molecule has 0 aliphatic carbocycles. The Labute approximate surface area is 188 Å². The van der Waals surface area contributed by atoms with Gasteiger partial charge >= 0.3 is 6.03 Å². The number of benzene rings is 1. The number of carbonyl (C=O) groups is 2. The summed E-state index contributed by atoms with van der Waals surface area (Å²) in [5.74, 6) is 1.31. The van der Waals surface area contributed by atoms with Gasteiger partial charge in [-0.3, -0.25) is 9.69 Å². The van der Waals surface area contributed by atoms with Crippen LogP contribution in [-0.4, -0.2) is 74.3 Å². The van der Waals surface area contributed by atoms with Crippen molar-refractivity contribution in [3.63, 3.8) is 0 Å². The van der Waals surface area contributed by atoms with Gasteiger partial charge in [-0.25, -0.2) is 4.79 Å². The van der Waals surface area contributed by atoms with Crippen molar-refractivity contribution in [1.29, 1.82) is 0 Å². The molecule has 174 valence electrons. The molecule has 9 heteroatoms. The summed E-state index contributed by atoms with van der Waals surface area (Å²) in [7, 11) is 0. The average molecular weight is 445 g/mol. The van der Waals surface area contributed by atoms with E-state index in [1.54, 1.807) is 47.6 Å². The van der Waals surface area contributed by atoms with E-state index in [1.807, 2.05) is 6.92 Å². The fraction of sp³-hybridized carbons (Fsp3) is 0.478. The molecule has 32 heavy (non-hydrogen) atoms. The van der Waals surface area contributed by atoms with E-state index >= 15 is 0 Å². The van der Waals surface area contributed by atoms with Gasteiger partial charge in [0, 0.05) is 44.8 Å². The number of rotatable bonds is 11. The minimum absolute atomic E-state index is 0.0865. The zero-order valence-electron chi connectivity index (χ0n) is 18.5. The topological polar surface area (TPSA) is 96.3 Å². The van der Waals surface area contributed by atoms with Gasteiger partial charge < -0.3 is 29.4 Å². The molecule has 0 unspecified atom stereocenters. The van der Waals surface area contributed by atoms with Crippen molar-refractivity contribution in [2.75, 3.05) is 57.9 Å². The molecule has 9 nitrogen and oxygen atoms in total. The third kappa shape index (κ3) is 7.90. The van der Waals surface area contributed by atoms with Crippen molar-refractivity contribution in [2.24, 2.45) is 0 Å². The number of carbonyl (C=O) groups excluding carboxylic acids is 2. The fourth-order valence-corrected chi connectivity index (χ4v) is 3.35. The first-order valence-electron chi connectivity index (χ1n) is 11.0. The third-order valence-corrected chi connectivity index (χ3v) is 5.09. The molecular weight excluding hydrogens is 412 g/mol. The van der Waals surface area contributed by atoms with Crippen LogP contribution in [0.3, 0.4) is 0 Å². The molecule has 2 N–H and O–H groups in total. The quantitative estimate of drug-likeness (QED) is 0.553. The lowest BCUT2D eigenvalue weighted by molar-refractivity contribution is -0.121. The molecule has 3 rings (SSSR count). The molecule has 3 amide bonds. The summed E-state index contributed by atoms with van der Waals surface area (Å²) in [6.07, 6.45) is 1.77. The molecule has 1 aromatic heterocycles. The van der Waals surface area contributed by atoms with Crippen LogP contribution < -0.4 is 15.4 Å². The van der Waals surface area contributed by atoms with Crippen molar-refractivity contribution >= 4 is 17.6 Å². The first-order chi connectivity index (χ1) is 15.6. The molecule has 0 saturated carbocycles. The van der Waals surface area contributed by atoms with Crippen molar-refractivity contribution in [3.8, 4) is 5.75 Å². The van der Waals surface area contributed by atoms with Crippen LogP contribution >= 0.6 is 0 Å². The maximum atomic E-state index is 12.9. The zero-order chi connectivity index (χ0) is 22.6. The second-order valence-corrected chi connectivity index (χ2v) is 7.44. The Bertz CT molecular complexity index is 819. The number of hydrogen-bond acceptors (Lipinski definition) is 6. The molecule has 1 aliphatic rings. The van der Waals surface area contributed by atoms with Gasteiger partial charge in [0.15, 0.2) is 0 Å². The number of ether oxygens (including phenoxy) is 2. The van der Waals surface area contributed by atoms with Gasteiger partial charge in [-0.2, -0.15) is 0 Å². The standard InChI is InChI=1S/C23H32N4O5/c1-2-31-20-7-5-19(6-8-20)25-23(29)27(18-21-4-3-15-32-21)11-9-22(28)24-10-12-26-13-16-30-17-14-26/h3-8,15H,2,9-14,16-18H2,1H3,(H,24,28)(H,25,29). The van der Waals surface area contributed by atoms with Gasteiger partial charge in [0.1, 0.15) is 11.5 Å². The minimum Gasteiger partial charge on any atom is -0.494 e. The van der Waals surface area contributed by atoms with Gasteiger partial charge in [-0.15, -0.1) is 0 Å². The van der Waals surface area contributed by atoms with Gasteiger partial charge in [0.2, 0.25) is 5.91 Å². The number of nitrogens with one attached hydrogen (secondary N) is 2. The number of anilines is 1. The number of amides is 3. The molecule has 0 bridgehead atoms. The Morgan fingerprint density at radius 3 is 2.62 bits per heavy atom. The van der Waals surface area contributed by atoms with Crippen molar-refractivity contribution in [3.05, 3.63) is 48.4 Å². The lowest BCUT2D eigenvalue weighted by atomic mass is 10.3. The molecule has 1 saturated heterocycles. The Morgan fingerprint density at radius 1 is 1.16 bits per heavy atom. The largest absolute Gasteiger partial charge is 0.494 e. The lowest BCUT2D eigenvalue weighted by Crippen LogP contribution is -2.42. The van der Waals surface area contributed by atoms with Crippen LogP contribution in [-0.2, 0) is 16.1 Å². The predicted molar refractivity (Wildman–Crippen MR) is 121 cm³/mol. The van der Waals surface area contributed by atoms with E-state index in [1.165, 1.54) is 0 Å². The highest BCUT2D eigenvalue weighted by Crippen LogP contribution is 2.17. The monoisotopic (exact) mass is 444 g/mol. The maximum absolute atomic E-state index is 12.9. The number of nitrogens with zero attached hydrogens (tertiary/aromatic N) is 2. The molecule has 1 aromatic carbocycles. The van der Waals surface area contributed by atoms with Gasteiger partial charge in [-0.05, 0) is 43.3 Å². The summed E-state index contributed by atoms with van der Waals surface area (Å²) in [5, 5.41) is 5.81. The van der Waals surface area contributed by atoms with E-state index in [-0.39, 0.29) is 31.4 Å². The summed E-state index contributed by atoms with van der Waals surface area (Å²) in [4.78, 5) is 29.0. The summed E-state index contributed by atoms with van der Waals surface area (Å²) < 4.78 is 16.2. The van der Waals surface area contributed by atoms with E-state index in [9.17, 15) is 9.59 Å². The minimum atomic E-state index is -0.299. The third-order valence-electron chi connectivity index (χ3n) is 5.09. The average Bonchev–Trinajstić information content (AvgIpc) is 3.32. The molecule has 0 spiro atoms. The lowest BCUT2D eigenvalue weighted by Gasteiger charge is -2.26. The van der Waals surface area contributed by atoms with Crippen LogP contribution in [0.15, 0.2) is 47.1 Å². The van der Waals surface area contributed by atoms with E-state index in [0.29, 0.717) is 24.6 Å². The Kier molecular flexibility index (Phi) is 9.39. The van der Waals surface area contributed by atoms with Crippen molar-refractivity contribution < 1.29 is 23.5 Å². The van der Waals surface area contributed by atoms with Gasteiger partial charge in [0.25, 0.3) is 0 Å². The molecule has 2 aromatic rings. The summed E-state index contributed by atoms with van der Waals surface area (Å²) >= 11 is 0. The number of morpholine rings is 1. The van der Waals surface area contributed by atoms with Crippen LogP contribution in [0.1, 0.15) is 19.1 Å². The van der Waals surface area contributed by atoms with E-state index in [0.717, 1.165) is 38.6 Å². The maximum Gasteiger partial charge on any atom is 0.322 e. The Balaban J connectivity index is 1.49. The SMILES string of the molecule is CCOc1ccc(NC(=O)N(CCC(=O)NCCN2CCOCC2)Cc2ccco2)cc1. The highest BCUT2D eigenvalue weighted by atomic mass is 16.5. The molecular formula is C23H32N4O5. The second-order valence-electron chi connectivity index (χ2n) is 7.44. The second kappa shape index (κ2) is 12.7. The normalized spacial score (nSPS) is 14.0. The van der Waals surface area contributed by atoms with Gasteiger partial charge in [-0.1, -0.05) is 0 Å². The van der Waals surface area contributed by atoms with Crippen LogP contribution in [0, 0.1) is 0 Å². The first-order valence-corrected chi connectivity index (χ1v) is 11.0. The van der Waals surface area contributed by atoms with Crippen molar-refractivity contribution in [1.82, 2.24) is 15.1 Å². The summed E-state index contributed by atoms with van der Waals surface area (Å²) in [6, 6.07) is 10.5. The fourth-order valence-electron chi connectivity index (χ4n) is 3.35. The molecule has 2 heterocycles. The van der Waals surface area contributed by atoms with E-state index < -0.39 is 0 Å². The molecule has 0 radical (unpaired) electrons. The van der Waals surface area contributed by atoms with Crippen molar-refractivity contribution in [2.45, 2.75) is 19.9 Å². The van der Waals surface area contributed by atoms with Crippen LogP contribution in [0.2, 0.25) is 0 Å². The van der Waals surface area contributed by atoms with Crippen LogP contribution in [0.5, 0.6) is 5.75 Å². The molecule has 1 aliphatic heterocycles. The van der Waals surface area contributed by atoms with E-state index in [4.69, 9.17) is 13.9 Å². The Morgan fingerprint density at radius 2 is 1.94 bits per heavy atom. The zero-order valence-corrected chi connectivity index (χ0v) is 18.5. The molecule has 1 fully saturated rings. The first kappa shape index (κ1) is 23.6. The van der Waals surface area contributed by atoms with Gasteiger partial charge in [0.05, 0.1) is 32.6 Å². The summed E-state index contributed by atoms with van der Waals surface area (Å²) in [6.45, 7) is 7.66. The highest BCUT2D eigenvalue weighted by Gasteiger charge is 2.17. The molecule has 0 atom stereocenters. The smallest absolute Gasteiger partial charge is 0.322 e.